The number of rotatable bonds is 2. The van der Waals surface area contributed by atoms with Crippen LogP contribution in [0.2, 0.25) is 0 Å². The summed E-state index contributed by atoms with van der Waals surface area (Å²) in [5.41, 5.74) is 5.72. The molecule has 0 amide bonds. The summed E-state index contributed by atoms with van der Waals surface area (Å²) in [5, 5.41) is 3.57. The number of nitrogens with one attached hydrogen (secondary N) is 1. The highest BCUT2D eigenvalue weighted by Crippen LogP contribution is 2.41. The van der Waals surface area contributed by atoms with Crippen LogP contribution in [0.4, 0.5) is 0 Å². The molecular formula is C19H22BrN. The second-order valence-corrected chi connectivity index (χ2v) is 6.94. The Balaban J connectivity index is 2.00. The molecule has 2 aromatic rings. The molecule has 0 radical (unpaired) electrons. The molecule has 0 bridgehead atoms. The van der Waals surface area contributed by atoms with Gasteiger partial charge in [0, 0.05) is 16.9 Å². The molecule has 0 aromatic heterocycles. The van der Waals surface area contributed by atoms with E-state index >= 15 is 0 Å². The molecule has 110 valence electrons. The summed E-state index contributed by atoms with van der Waals surface area (Å²) in [5.74, 6) is 1.14. The van der Waals surface area contributed by atoms with Gasteiger partial charge < -0.3 is 5.32 Å². The van der Waals surface area contributed by atoms with Crippen molar-refractivity contribution in [2.45, 2.75) is 32.1 Å². The van der Waals surface area contributed by atoms with E-state index in [0.717, 1.165) is 13.1 Å². The molecule has 1 heterocycles. The maximum Gasteiger partial charge on any atom is 0.0210 e. The summed E-state index contributed by atoms with van der Waals surface area (Å²) in [4.78, 5) is 0. The first-order valence-electron chi connectivity index (χ1n) is 7.69. The maximum atomic E-state index is 3.73. The lowest BCUT2D eigenvalue weighted by atomic mass is 9.76. The minimum absolute atomic E-state index is 0.538. The minimum Gasteiger partial charge on any atom is -0.316 e. The second-order valence-electron chi connectivity index (χ2n) is 6.09. The van der Waals surface area contributed by atoms with Gasteiger partial charge in [-0.05, 0) is 55.5 Å². The van der Waals surface area contributed by atoms with Crippen LogP contribution in [0, 0.1) is 13.8 Å². The molecular weight excluding hydrogens is 322 g/mol. The van der Waals surface area contributed by atoms with Gasteiger partial charge in [0.1, 0.15) is 0 Å². The number of piperidine rings is 1. The van der Waals surface area contributed by atoms with Crippen LogP contribution in [-0.2, 0) is 0 Å². The molecule has 1 saturated heterocycles. The standard InChI is InChI=1S/C19H22BrN/c1-13-7-8-15(14(2)11-13)16-9-10-21-12-18(16)17-5-3-4-6-19(17)20/h3-8,11,16,18,21H,9-10,12H2,1-2H3. The zero-order valence-corrected chi connectivity index (χ0v) is 14.3. The molecule has 3 rings (SSSR count). The Kier molecular flexibility index (Phi) is 4.46. The van der Waals surface area contributed by atoms with Crippen molar-refractivity contribution in [3.63, 3.8) is 0 Å². The monoisotopic (exact) mass is 343 g/mol. The zero-order chi connectivity index (χ0) is 14.8. The van der Waals surface area contributed by atoms with Gasteiger partial charge in [0.2, 0.25) is 0 Å². The number of aryl methyl sites for hydroxylation is 2. The molecule has 1 aliphatic heterocycles. The van der Waals surface area contributed by atoms with Crippen LogP contribution >= 0.6 is 15.9 Å². The van der Waals surface area contributed by atoms with Gasteiger partial charge in [0.15, 0.2) is 0 Å². The van der Waals surface area contributed by atoms with Gasteiger partial charge in [-0.25, -0.2) is 0 Å². The van der Waals surface area contributed by atoms with E-state index in [4.69, 9.17) is 0 Å². The average molecular weight is 344 g/mol. The van der Waals surface area contributed by atoms with Gasteiger partial charge in [-0.15, -0.1) is 0 Å². The third-order valence-electron chi connectivity index (χ3n) is 4.61. The summed E-state index contributed by atoms with van der Waals surface area (Å²) >= 11 is 3.73. The van der Waals surface area contributed by atoms with Crippen molar-refractivity contribution in [2.75, 3.05) is 13.1 Å². The third kappa shape index (κ3) is 3.07. The molecule has 2 aromatic carbocycles. The van der Waals surface area contributed by atoms with Crippen molar-refractivity contribution in [1.29, 1.82) is 0 Å². The Hall–Kier alpha value is -1.12. The predicted molar refractivity (Wildman–Crippen MR) is 93.0 cm³/mol. The fourth-order valence-electron chi connectivity index (χ4n) is 3.57. The van der Waals surface area contributed by atoms with E-state index in [1.807, 2.05) is 0 Å². The molecule has 0 spiro atoms. The average Bonchev–Trinajstić information content (AvgIpc) is 2.48. The largest absolute Gasteiger partial charge is 0.316 e. The third-order valence-corrected chi connectivity index (χ3v) is 5.33. The second kappa shape index (κ2) is 6.33. The van der Waals surface area contributed by atoms with E-state index in [1.165, 1.54) is 33.1 Å². The van der Waals surface area contributed by atoms with Crippen molar-refractivity contribution in [3.05, 3.63) is 69.2 Å². The van der Waals surface area contributed by atoms with Gasteiger partial charge >= 0.3 is 0 Å². The Labute approximate surface area is 135 Å². The van der Waals surface area contributed by atoms with Crippen LogP contribution in [-0.4, -0.2) is 13.1 Å². The normalized spacial score (nSPS) is 22.2. The first-order valence-corrected chi connectivity index (χ1v) is 8.48. The lowest BCUT2D eigenvalue weighted by Crippen LogP contribution is -2.34. The zero-order valence-electron chi connectivity index (χ0n) is 12.7. The number of halogens is 1. The van der Waals surface area contributed by atoms with Gasteiger partial charge in [0.25, 0.3) is 0 Å². The Bertz CT molecular complexity index is 635. The lowest BCUT2D eigenvalue weighted by molar-refractivity contribution is 0.402. The Morgan fingerprint density at radius 2 is 1.81 bits per heavy atom. The number of hydrogen-bond donors (Lipinski definition) is 1. The highest BCUT2D eigenvalue weighted by molar-refractivity contribution is 9.10. The fourth-order valence-corrected chi connectivity index (χ4v) is 4.15. The predicted octanol–water partition coefficient (Wildman–Crippen LogP) is 4.93. The van der Waals surface area contributed by atoms with Crippen LogP contribution in [0.5, 0.6) is 0 Å². The van der Waals surface area contributed by atoms with Crippen LogP contribution in [0.15, 0.2) is 46.9 Å². The van der Waals surface area contributed by atoms with Crippen molar-refractivity contribution >= 4 is 15.9 Å². The summed E-state index contributed by atoms with van der Waals surface area (Å²) in [6.07, 6.45) is 1.20. The van der Waals surface area contributed by atoms with E-state index in [9.17, 15) is 0 Å². The number of hydrogen-bond acceptors (Lipinski definition) is 1. The molecule has 1 nitrogen and oxygen atoms in total. The molecule has 0 aliphatic carbocycles. The Morgan fingerprint density at radius 1 is 1.00 bits per heavy atom. The molecule has 2 unspecified atom stereocenters. The molecule has 21 heavy (non-hydrogen) atoms. The summed E-state index contributed by atoms with van der Waals surface area (Å²) in [6, 6.07) is 15.6. The Morgan fingerprint density at radius 3 is 2.57 bits per heavy atom. The van der Waals surface area contributed by atoms with Gasteiger partial charge in [0.05, 0.1) is 0 Å². The quantitative estimate of drug-likeness (QED) is 0.815. The SMILES string of the molecule is Cc1ccc(C2CCNCC2c2ccccc2Br)c(C)c1. The van der Waals surface area contributed by atoms with Crippen LogP contribution in [0.3, 0.4) is 0 Å². The summed E-state index contributed by atoms with van der Waals surface area (Å²) in [7, 11) is 0. The lowest BCUT2D eigenvalue weighted by Gasteiger charge is -2.34. The van der Waals surface area contributed by atoms with E-state index < -0.39 is 0 Å². The van der Waals surface area contributed by atoms with E-state index in [1.54, 1.807) is 0 Å². The molecule has 0 saturated carbocycles. The molecule has 1 fully saturated rings. The first kappa shape index (κ1) is 14.8. The van der Waals surface area contributed by atoms with E-state index in [2.05, 4.69) is 77.6 Å². The van der Waals surface area contributed by atoms with Crippen molar-refractivity contribution in [3.8, 4) is 0 Å². The van der Waals surface area contributed by atoms with Gasteiger partial charge in [-0.1, -0.05) is 57.9 Å². The van der Waals surface area contributed by atoms with Gasteiger partial charge in [-0.2, -0.15) is 0 Å². The molecule has 1 N–H and O–H groups in total. The molecule has 2 atom stereocenters. The van der Waals surface area contributed by atoms with Crippen LogP contribution < -0.4 is 5.32 Å². The fraction of sp³-hybridized carbons (Fsp3) is 0.368. The number of benzene rings is 2. The van der Waals surface area contributed by atoms with Gasteiger partial charge in [-0.3, -0.25) is 0 Å². The van der Waals surface area contributed by atoms with Crippen molar-refractivity contribution < 1.29 is 0 Å². The first-order chi connectivity index (χ1) is 10.2. The smallest absolute Gasteiger partial charge is 0.0210 e. The van der Waals surface area contributed by atoms with E-state index in [-0.39, 0.29) is 0 Å². The highest BCUT2D eigenvalue weighted by Gasteiger charge is 2.29. The summed E-state index contributed by atoms with van der Waals surface area (Å²) < 4.78 is 1.23. The topological polar surface area (TPSA) is 12.0 Å². The summed E-state index contributed by atoms with van der Waals surface area (Å²) in [6.45, 7) is 6.59. The van der Waals surface area contributed by atoms with Crippen molar-refractivity contribution in [2.24, 2.45) is 0 Å². The maximum absolute atomic E-state index is 3.73. The highest BCUT2D eigenvalue weighted by atomic mass is 79.9. The molecule has 2 heteroatoms. The molecule has 1 aliphatic rings. The minimum atomic E-state index is 0.538. The van der Waals surface area contributed by atoms with E-state index in [0.29, 0.717) is 11.8 Å². The van der Waals surface area contributed by atoms with Crippen LogP contribution in [0.25, 0.3) is 0 Å². The van der Waals surface area contributed by atoms with Crippen molar-refractivity contribution in [1.82, 2.24) is 5.32 Å². The van der Waals surface area contributed by atoms with Crippen LogP contribution in [0.1, 0.15) is 40.5 Å².